The van der Waals surface area contributed by atoms with Crippen LogP contribution in [0.2, 0.25) is 0 Å². The van der Waals surface area contributed by atoms with Crippen molar-refractivity contribution in [1.82, 2.24) is 0 Å². The van der Waals surface area contributed by atoms with Gasteiger partial charge in [-0.25, -0.2) is 4.79 Å². The Morgan fingerprint density at radius 1 is 1.10 bits per heavy atom. The van der Waals surface area contributed by atoms with Crippen molar-refractivity contribution >= 4 is 5.97 Å². The highest BCUT2D eigenvalue weighted by Gasteiger charge is 2.21. The smallest absolute Gasteiger partial charge is 0.339 e. The highest BCUT2D eigenvalue weighted by Crippen LogP contribution is 2.26. The summed E-state index contributed by atoms with van der Waals surface area (Å²) in [6, 6.07) is 15.5. The first kappa shape index (κ1) is 15.3. The number of rotatable bonds is 3. The molecule has 0 spiro atoms. The minimum Gasteiger partial charge on any atom is -0.456 e. The highest BCUT2D eigenvalue weighted by molar-refractivity contribution is 5.97. The molecule has 0 aromatic heterocycles. The SMILES string of the molecule is CC(C)(C)OC(=O)c1cc(CN)ccc1-c1ccccc1. The molecule has 2 N–H and O–H groups in total. The van der Waals surface area contributed by atoms with E-state index in [1.807, 2.05) is 69.3 Å². The first-order chi connectivity index (χ1) is 9.90. The van der Waals surface area contributed by atoms with Crippen molar-refractivity contribution < 1.29 is 9.53 Å². The maximum absolute atomic E-state index is 12.5. The maximum atomic E-state index is 12.5. The molecule has 0 aliphatic rings. The molecule has 0 saturated carbocycles. The molecule has 0 radical (unpaired) electrons. The quantitative estimate of drug-likeness (QED) is 0.872. The molecule has 0 amide bonds. The highest BCUT2D eigenvalue weighted by atomic mass is 16.6. The zero-order chi connectivity index (χ0) is 15.5. The summed E-state index contributed by atoms with van der Waals surface area (Å²) in [5, 5.41) is 0. The Morgan fingerprint density at radius 2 is 1.76 bits per heavy atom. The number of ether oxygens (including phenoxy) is 1. The molecule has 2 rings (SSSR count). The van der Waals surface area contributed by atoms with E-state index < -0.39 is 5.60 Å². The second-order valence-electron chi connectivity index (χ2n) is 5.95. The molecule has 110 valence electrons. The normalized spacial score (nSPS) is 11.2. The van der Waals surface area contributed by atoms with Gasteiger partial charge in [0.15, 0.2) is 0 Å². The molecule has 0 bridgehead atoms. The van der Waals surface area contributed by atoms with E-state index in [0.29, 0.717) is 12.1 Å². The number of hydrogen-bond acceptors (Lipinski definition) is 3. The van der Waals surface area contributed by atoms with Gasteiger partial charge in [-0.2, -0.15) is 0 Å². The van der Waals surface area contributed by atoms with Gasteiger partial charge >= 0.3 is 5.97 Å². The minimum absolute atomic E-state index is 0.323. The lowest BCUT2D eigenvalue weighted by atomic mass is 9.97. The molecule has 0 heterocycles. The molecule has 0 aliphatic heterocycles. The van der Waals surface area contributed by atoms with Crippen LogP contribution in [-0.2, 0) is 11.3 Å². The van der Waals surface area contributed by atoms with E-state index in [0.717, 1.165) is 16.7 Å². The van der Waals surface area contributed by atoms with E-state index >= 15 is 0 Å². The Hall–Kier alpha value is -2.13. The van der Waals surface area contributed by atoms with Gasteiger partial charge in [0.05, 0.1) is 5.56 Å². The summed E-state index contributed by atoms with van der Waals surface area (Å²) in [6.45, 7) is 5.98. The average Bonchev–Trinajstić information content (AvgIpc) is 2.45. The molecule has 0 atom stereocenters. The van der Waals surface area contributed by atoms with Crippen LogP contribution in [0.15, 0.2) is 48.5 Å². The first-order valence-corrected chi connectivity index (χ1v) is 7.02. The minimum atomic E-state index is -0.524. The van der Waals surface area contributed by atoms with Gasteiger partial charge in [-0.15, -0.1) is 0 Å². The van der Waals surface area contributed by atoms with Crippen LogP contribution in [0, 0.1) is 0 Å². The molecular formula is C18H21NO2. The monoisotopic (exact) mass is 283 g/mol. The van der Waals surface area contributed by atoms with Gasteiger partial charge in [-0.3, -0.25) is 0 Å². The van der Waals surface area contributed by atoms with Crippen LogP contribution in [0.4, 0.5) is 0 Å². The second-order valence-corrected chi connectivity index (χ2v) is 5.95. The van der Waals surface area contributed by atoms with E-state index in [-0.39, 0.29) is 5.97 Å². The van der Waals surface area contributed by atoms with Gasteiger partial charge in [-0.1, -0.05) is 42.5 Å². The molecule has 2 aromatic carbocycles. The molecule has 2 aromatic rings. The summed E-state index contributed by atoms with van der Waals surface area (Å²) < 4.78 is 5.51. The molecule has 3 nitrogen and oxygen atoms in total. The lowest BCUT2D eigenvalue weighted by Gasteiger charge is -2.21. The van der Waals surface area contributed by atoms with Crippen molar-refractivity contribution in [2.45, 2.75) is 32.9 Å². The maximum Gasteiger partial charge on any atom is 0.339 e. The number of carbonyl (C=O) groups excluding carboxylic acids is 1. The van der Waals surface area contributed by atoms with E-state index in [1.165, 1.54) is 0 Å². The zero-order valence-corrected chi connectivity index (χ0v) is 12.7. The summed E-state index contributed by atoms with van der Waals surface area (Å²) in [6.07, 6.45) is 0. The molecule has 0 aliphatic carbocycles. The van der Waals surface area contributed by atoms with Crippen LogP contribution in [0.5, 0.6) is 0 Å². The molecule has 21 heavy (non-hydrogen) atoms. The predicted octanol–water partition coefficient (Wildman–Crippen LogP) is 3.77. The number of hydrogen-bond donors (Lipinski definition) is 1. The van der Waals surface area contributed by atoms with Crippen LogP contribution in [0.1, 0.15) is 36.7 Å². The fourth-order valence-electron chi connectivity index (χ4n) is 2.09. The number of esters is 1. The van der Waals surface area contributed by atoms with Crippen molar-refractivity contribution in [2.75, 3.05) is 0 Å². The van der Waals surface area contributed by atoms with E-state index in [4.69, 9.17) is 10.5 Å². The topological polar surface area (TPSA) is 52.3 Å². The number of nitrogens with two attached hydrogens (primary N) is 1. The van der Waals surface area contributed by atoms with Gasteiger partial charge in [0.25, 0.3) is 0 Å². The van der Waals surface area contributed by atoms with Gasteiger partial charge in [-0.05, 0) is 43.5 Å². The summed E-state index contributed by atoms with van der Waals surface area (Å²) in [5.41, 5.74) is 8.48. The van der Waals surface area contributed by atoms with E-state index in [2.05, 4.69) is 0 Å². The molecular weight excluding hydrogens is 262 g/mol. The lowest BCUT2D eigenvalue weighted by Crippen LogP contribution is -2.24. The predicted molar refractivity (Wildman–Crippen MR) is 84.9 cm³/mol. The number of carbonyl (C=O) groups is 1. The Labute approximate surface area is 125 Å². The standard InChI is InChI=1S/C18H21NO2/c1-18(2,3)21-17(20)16-11-13(12-19)9-10-15(16)14-7-5-4-6-8-14/h4-11H,12,19H2,1-3H3. The Balaban J connectivity index is 2.49. The van der Waals surface area contributed by atoms with Gasteiger partial charge in [0.2, 0.25) is 0 Å². The summed E-state index contributed by atoms with van der Waals surface area (Å²) in [4.78, 5) is 12.5. The van der Waals surface area contributed by atoms with E-state index in [1.54, 1.807) is 0 Å². The molecule has 0 saturated heterocycles. The number of benzene rings is 2. The Morgan fingerprint density at radius 3 is 2.33 bits per heavy atom. The first-order valence-electron chi connectivity index (χ1n) is 7.02. The van der Waals surface area contributed by atoms with Crippen LogP contribution in [-0.4, -0.2) is 11.6 Å². The third kappa shape index (κ3) is 3.92. The van der Waals surface area contributed by atoms with Crippen molar-refractivity contribution in [3.8, 4) is 11.1 Å². The van der Waals surface area contributed by atoms with E-state index in [9.17, 15) is 4.79 Å². The van der Waals surface area contributed by atoms with Gasteiger partial charge < -0.3 is 10.5 Å². The van der Waals surface area contributed by atoms with Gasteiger partial charge in [0.1, 0.15) is 5.60 Å². The average molecular weight is 283 g/mol. The molecule has 0 fully saturated rings. The van der Waals surface area contributed by atoms with Crippen molar-refractivity contribution in [2.24, 2.45) is 5.73 Å². The van der Waals surface area contributed by atoms with Gasteiger partial charge in [0, 0.05) is 6.54 Å². The lowest BCUT2D eigenvalue weighted by molar-refractivity contribution is 0.00703. The fourth-order valence-corrected chi connectivity index (χ4v) is 2.09. The van der Waals surface area contributed by atoms with Crippen LogP contribution < -0.4 is 5.73 Å². The fraction of sp³-hybridized carbons (Fsp3) is 0.278. The summed E-state index contributed by atoms with van der Waals surface area (Å²) >= 11 is 0. The molecule has 3 heteroatoms. The largest absolute Gasteiger partial charge is 0.456 e. The summed E-state index contributed by atoms with van der Waals surface area (Å²) in [7, 11) is 0. The van der Waals surface area contributed by atoms with Crippen LogP contribution >= 0.6 is 0 Å². The van der Waals surface area contributed by atoms with Crippen molar-refractivity contribution in [1.29, 1.82) is 0 Å². The van der Waals surface area contributed by atoms with Crippen molar-refractivity contribution in [3.05, 3.63) is 59.7 Å². The van der Waals surface area contributed by atoms with Crippen molar-refractivity contribution in [3.63, 3.8) is 0 Å². The van der Waals surface area contributed by atoms with Crippen LogP contribution in [0.3, 0.4) is 0 Å². The zero-order valence-electron chi connectivity index (χ0n) is 12.7. The summed E-state index contributed by atoms with van der Waals surface area (Å²) in [5.74, 6) is -0.323. The Kier molecular flexibility index (Phi) is 4.43. The molecule has 0 unspecified atom stereocenters. The third-order valence-corrected chi connectivity index (χ3v) is 3.02. The third-order valence-electron chi connectivity index (χ3n) is 3.02. The van der Waals surface area contributed by atoms with Crippen LogP contribution in [0.25, 0.3) is 11.1 Å². The Bertz CT molecular complexity index is 627. The second kappa shape index (κ2) is 6.10.